The number of methoxy groups -OCH3 is 2. The molecular weight excluding hydrogens is 254 g/mol. The number of hydrogen-bond acceptors (Lipinski definition) is 5. The monoisotopic (exact) mass is 279 g/mol. The van der Waals surface area contributed by atoms with Crippen molar-refractivity contribution in [2.75, 3.05) is 14.2 Å². The maximum atomic E-state index is 5.29. The van der Waals surface area contributed by atoms with Gasteiger partial charge in [0.05, 0.1) is 19.8 Å². The lowest BCUT2D eigenvalue weighted by molar-refractivity contribution is 0.281. The van der Waals surface area contributed by atoms with Crippen molar-refractivity contribution < 1.29 is 9.47 Å². The summed E-state index contributed by atoms with van der Waals surface area (Å²) in [6, 6.07) is 0.576. The first-order chi connectivity index (χ1) is 9.78. The molecule has 0 spiro atoms. The predicted octanol–water partition coefficient (Wildman–Crippen LogP) is 2.55. The summed E-state index contributed by atoms with van der Waals surface area (Å²) >= 11 is 0. The number of aromatic nitrogens is 2. The summed E-state index contributed by atoms with van der Waals surface area (Å²) in [7, 11) is 3.25. The zero-order chi connectivity index (χ0) is 14.4. The maximum absolute atomic E-state index is 5.29. The van der Waals surface area contributed by atoms with Crippen molar-refractivity contribution >= 4 is 0 Å². The molecule has 0 aliphatic heterocycles. The fourth-order valence-electron chi connectivity index (χ4n) is 2.91. The Labute approximate surface area is 121 Å². The maximum Gasteiger partial charge on any atom is 0.224 e. The average molecular weight is 279 g/mol. The molecule has 1 aliphatic rings. The second kappa shape index (κ2) is 7.43. The molecule has 0 radical (unpaired) electrons. The van der Waals surface area contributed by atoms with Crippen LogP contribution < -0.4 is 14.8 Å². The molecule has 1 fully saturated rings. The zero-order valence-electron chi connectivity index (χ0n) is 12.7. The van der Waals surface area contributed by atoms with Gasteiger partial charge in [-0.05, 0) is 31.6 Å². The molecule has 1 heterocycles. The molecule has 0 atom stereocenters. The van der Waals surface area contributed by atoms with E-state index in [1.165, 1.54) is 38.4 Å². The number of rotatable bonds is 6. The normalized spacial score (nSPS) is 22.6. The second-order valence-corrected chi connectivity index (χ2v) is 5.38. The third kappa shape index (κ3) is 3.60. The molecule has 5 heteroatoms. The van der Waals surface area contributed by atoms with Crippen LogP contribution in [0.4, 0.5) is 0 Å². The average Bonchev–Trinajstić information content (AvgIpc) is 2.52. The van der Waals surface area contributed by atoms with Crippen LogP contribution in [0.1, 0.15) is 44.6 Å². The summed E-state index contributed by atoms with van der Waals surface area (Å²) in [5.74, 6) is 2.09. The molecule has 0 aromatic carbocycles. The minimum absolute atomic E-state index is 0.576. The van der Waals surface area contributed by atoms with Crippen molar-refractivity contribution in [3.63, 3.8) is 0 Å². The van der Waals surface area contributed by atoms with E-state index >= 15 is 0 Å². The molecule has 112 valence electrons. The van der Waals surface area contributed by atoms with Crippen LogP contribution in [0.25, 0.3) is 0 Å². The number of nitrogens with zero attached hydrogens (tertiary/aromatic N) is 2. The van der Waals surface area contributed by atoms with Gasteiger partial charge in [-0.2, -0.15) is 0 Å². The summed E-state index contributed by atoms with van der Waals surface area (Å²) in [5, 5.41) is 3.59. The van der Waals surface area contributed by atoms with Crippen LogP contribution in [0, 0.1) is 5.92 Å². The minimum Gasteiger partial charge on any atom is -0.481 e. The van der Waals surface area contributed by atoms with E-state index in [0.29, 0.717) is 24.3 Å². The quantitative estimate of drug-likeness (QED) is 0.867. The molecule has 5 nitrogen and oxygen atoms in total. The Morgan fingerprint density at radius 2 is 1.70 bits per heavy atom. The Hall–Kier alpha value is -1.36. The SMILES string of the molecule is CCC1CCC(NCc2c(OC)ncnc2OC)CC1. The van der Waals surface area contributed by atoms with E-state index in [1.807, 2.05) is 0 Å². The molecule has 0 saturated heterocycles. The summed E-state index contributed by atoms with van der Waals surface area (Å²) in [5.41, 5.74) is 0.898. The molecule has 1 aromatic heterocycles. The van der Waals surface area contributed by atoms with Gasteiger partial charge in [-0.15, -0.1) is 0 Å². The summed E-state index contributed by atoms with van der Waals surface area (Å²) in [6.45, 7) is 2.98. The smallest absolute Gasteiger partial charge is 0.224 e. The Kier molecular flexibility index (Phi) is 5.59. The van der Waals surface area contributed by atoms with E-state index in [1.54, 1.807) is 14.2 Å². The van der Waals surface area contributed by atoms with E-state index in [2.05, 4.69) is 22.2 Å². The van der Waals surface area contributed by atoms with Gasteiger partial charge < -0.3 is 14.8 Å². The van der Waals surface area contributed by atoms with Crippen molar-refractivity contribution in [1.29, 1.82) is 0 Å². The van der Waals surface area contributed by atoms with Gasteiger partial charge in [-0.1, -0.05) is 13.3 Å². The van der Waals surface area contributed by atoms with Crippen molar-refractivity contribution in [3.05, 3.63) is 11.9 Å². The van der Waals surface area contributed by atoms with Crippen LogP contribution in [-0.2, 0) is 6.54 Å². The van der Waals surface area contributed by atoms with Crippen LogP contribution in [0.15, 0.2) is 6.33 Å². The Morgan fingerprint density at radius 1 is 1.10 bits per heavy atom. The second-order valence-electron chi connectivity index (χ2n) is 5.38. The van der Waals surface area contributed by atoms with E-state index in [-0.39, 0.29) is 0 Å². The first-order valence-corrected chi connectivity index (χ1v) is 7.43. The van der Waals surface area contributed by atoms with Crippen LogP contribution in [0.2, 0.25) is 0 Å². The molecule has 1 N–H and O–H groups in total. The minimum atomic E-state index is 0.576. The highest BCUT2D eigenvalue weighted by atomic mass is 16.5. The van der Waals surface area contributed by atoms with Crippen molar-refractivity contribution in [1.82, 2.24) is 15.3 Å². The van der Waals surface area contributed by atoms with E-state index < -0.39 is 0 Å². The van der Waals surface area contributed by atoms with Crippen LogP contribution in [0.5, 0.6) is 11.8 Å². The van der Waals surface area contributed by atoms with Crippen LogP contribution in [0.3, 0.4) is 0 Å². The van der Waals surface area contributed by atoms with Crippen LogP contribution >= 0.6 is 0 Å². The first-order valence-electron chi connectivity index (χ1n) is 7.43. The number of hydrogen-bond donors (Lipinski definition) is 1. The number of ether oxygens (including phenoxy) is 2. The lowest BCUT2D eigenvalue weighted by Gasteiger charge is -2.28. The molecule has 0 unspecified atom stereocenters. The van der Waals surface area contributed by atoms with Crippen LogP contribution in [-0.4, -0.2) is 30.2 Å². The zero-order valence-corrected chi connectivity index (χ0v) is 12.7. The molecule has 2 rings (SSSR count). The summed E-state index contributed by atoms with van der Waals surface area (Å²) in [4.78, 5) is 8.28. The molecule has 1 saturated carbocycles. The standard InChI is InChI=1S/C15H25N3O2/c1-4-11-5-7-12(8-6-11)16-9-13-14(19-2)17-10-18-15(13)20-3/h10-12,16H,4-9H2,1-3H3. The van der Waals surface area contributed by atoms with Gasteiger partial charge in [-0.3, -0.25) is 0 Å². The summed E-state index contributed by atoms with van der Waals surface area (Å²) < 4.78 is 10.6. The third-order valence-corrected chi connectivity index (χ3v) is 4.24. The largest absolute Gasteiger partial charge is 0.481 e. The van der Waals surface area contributed by atoms with E-state index in [0.717, 1.165) is 11.5 Å². The lowest BCUT2D eigenvalue weighted by Crippen LogP contribution is -2.33. The molecule has 0 amide bonds. The van der Waals surface area contributed by atoms with E-state index in [4.69, 9.17) is 9.47 Å². The fourth-order valence-corrected chi connectivity index (χ4v) is 2.91. The van der Waals surface area contributed by atoms with Gasteiger partial charge in [0.1, 0.15) is 6.33 Å². The topological polar surface area (TPSA) is 56.3 Å². The highest BCUT2D eigenvalue weighted by Crippen LogP contribution is 2.28. The van der Waals surface area contributed by atoms with E-state index in [9.17, 15) is 0 Å². The molecule has 1 aliphatic carbocycles. The summed E-state index contributed by atoms with van der Waals surface area (Å²) in [6.07, 6.45) is 7.92. The van der Waals surface area contributed by atoms with Gasteiger partial charge in [0.2, 0.25) is 11.8 Å². The molecule has 1 aromatic rings. The van der Waals surface area contributed by atoms with Gasteiger partial charge in [0, 0.05) is 12.6 Å². The predicted molar refractivity (Wildman–Crippen MR) is 78.0 cm³/mol. The van der Waals surface area contributed by atoms with Crippen molar-refractivity contribution in [3.8, 4) is 11.8 Å². The Bertz CT molecular complexity index is 395. The molecule has 0 bridgehead atoms. The van der Waals surface area contributed by atoms with Gasteiger partial charge in [0.15, 0.2) is 0 Å². The fraction of sp³-hybridized carbons (Fsp3) is 0.733. The first kappa shape index (κ1) is 15.0. The highest BCUT2D eigenvalue weighted by molar-refractivity contribution is 5.34. The van der Waals surface area contributed by atoms with Gasteiger partial charge in [0.25, 0.3) is 0 Å². The Balaban J connectivity index is 1.94. The highest BCUT2D eigenvalue weighted by Gasteiger charge is 2.21. The third-order valence-electron chi connectivity index (χ3n) is 4.24. The molecule has 20 heavy (non-hydrogen) atoms. The Morgan fingerprint density at radius 3 is 2.20 bits per heavy atom. The lowest BCUT2D eigenvalue weighted by atomic mass is 9.84. The van der Waals surface area contributed by atoms with Crippen molar-refractivity contribution in [2.24, 2.45) is 5.92 Å². The molecular formula is C15H25N3O2. The van der Waals surface area contributed by atoms with Crippen molar-refractivity contribution in [2.45, 2.75) is 51.6 Å². The van der Waals surface area contributed by atoms with Gasteiger partial charge in [-0.25, -0.2) is 9.97 Å². The number of nitrogens with one attached hydrogen (secondary N) is 1. The van der Waals surface area contributed by atoms with Gasteiger partial charge >= 0.3 is 0 Å².